The van der Waals surface area contributed by atoms with Gasteiger partial charge in [-0.15, -0.1) is 0 Å². The Morgan fingerprint density at radius 3 is 2.13 bits per heavy atom. The highest BCUT2D eigenvalue weighted by atomic mass is 16.7. The largest absolute Gasteiger partial charge is 0.383 e. The SMILES string of the molecule is COC(OC)C(C)(O)C1(C#N)CCCC1. The maximum absolute atomic E-state index is 10.5. The van der Waals surface area contributed by atoms with Crippen molar-refractivity contribution in [2.45, 2.75) is 44.5 Å². The van der Waals surface area contributed by atoms with E-state index in [0.717, 1.165) is 12.8 Å². The molecule has 0 saturated heterocycles. The Morgan fingerprint density at radius 2 is 1.80 bits per heavy atom. The predicted octanol–water partition coefficient (Wildman–Crippen LogP) is 1.44. The highest BCUT2D eigenvalue weighted by Crippen LogP contribution is 2.48. The van der Waals surface area contributed by atoms with Gasteiger partial charge in [-0.1, -0.05) is 12.8 Å². The number of hydrogen-bond acceptors (Lipinski definition) is 4. The molecule has 0 radical (unpaired) electrons. The molecule has 0 aromatic heterocycles. The van der Waals surface area contributed by atoms with Gasteiger partial charge in [-0.3, -0.25) is 0 Å². The minimum Gasteiger partial charge on any atom is -0.383 e. The van der Waals surface area contributed by atoms with Crippen molar-refractivity contribution in [2.24, 2.45) is 5.41 Å². The molecule has 1 atom stereocenters. The lowest BCUT2D eigenvalue weighted by molar-refractivity contribution is -0.239. The van der Waals surface area contributed by atoms with Crippen molar-refractivity contribution in [3.8, 4) is 6.07 Å². The minimum atomic E-state index is -1.26. The Balaban J connectivity index is 2.96. The number of aliphatic hydroxyl groups is 1. The van der Waals surface area contributed by atoms with Crippen LogP contribution in [0.15, 0.2) is 0 Å². The van der Waals surface area contributed by atoms with Gasteiger partial charge in [0.05, 0.1) is 11.5 Å². The molecule has 4 heteroatoms. The standard InChI is InChI=1S/C11H19NO3/c1-10(13,9(14-2)15-3)11(8-12)6-4-5-7-11/h9,13H,4-7H2,1-3H3. The number of methoxy groups -OCH3 is 2. The maximum Gasteiger partial charge on any atom is 0.186 e. The maximum atomic E-state index is 10.5. The van der Waals surface area contributed by atoms with Gasteiger partial charge >= 0.3 is 0 Å². The second-order valence-corrected chi connectivity index (χ2v) is 4.35. The van der Waals surface area contributed by atoms with Crippen molar-refractivity contribution in [3.05, 3.63) is 0 Å². The van der Waals surface area contributed by atoms with Crippen LogP contribution in [0.5, 0.6) is 0 Å². The van der Waals surface area contributed by atoms with E-state index in [-0.39, 0.29) is 0 Å². The summed E-state index contributed by atoms with van der Waals surface area (Å²) < 4.78 is 10.2. The third-order valence-corrected chi connectivity index (χ3v) is 3.53. The summed E-state index contributed by atoms with van der Waals surface area (Å²) in [5.74, 6) is 0. The van der Waals surface area contributed by atoms with Crippen molar-refractivity contribution in [3.63, 3.8) is 0 Å². The molecule has 1 unspecified atom stereocenters. The van der Waals surface area contributed by atoms with Crippen LogP contribution in [-0.2, 0) is 9.47 Å². The van der Waals surface area contributed by atoms with Gasteiger partial charge in [0.2, 0.25) is 0 Å². The molecule has 0 aromatic carbocycles. The van der Waals surface area contributed by atoms with Gasteiger partial charge in [-0.25, -0.2) is 0 Å². The second-order valence-electron chi connectivity index (χ2n) is 4.35. The first-order chi connectivity index (χ1) is 7.04. The summed E-state index contributed by atoms with van der Waals surface area (Å²) in [6.07, 6.45) is 2.61. The Labute approximate surface area is 90.8 Å². The number of ether oxygens (including phenoxy) is 2. The van der Waals surface area contributed by atoms with Crippen molar-refractivity contribution in [1.82, 2.24) is 0 Å². The van der Waals surface area contributed by atoms with Crippen LogP contribution in [0.4, 0.5) is 0 Å². The van der Waals surface area contributed by atoms with Crippen LogP contribution >= 0.6 is 0 Å². The molecule has 0 aromatic rings. The zero-order chi connectivity index (χ0) is 11.5. The first-order valence-electron chi connectivity index (χ1n) is 5.23. The molecule has 0 amide bonds. The summed E-state index contributed by atoms with van der Waals surface area (Å²) in [6, 6.07) is 2.26. The zero-order valence-corrected chi connectivity index (χ0v) is 9.62. The molecule has 1 N–H and O–H groups in total. The molecule has 1 aliphatic carbocycles. The smallest absolute Gasteiger partial charge is 0.186 e. The van der Waals surface area contributed by atoms with Gasteiger partial charge in [-0.05, 0) is 19.8 Å². The van der Waals surface area contributed by atoms with Gasteiger partial charge in [0.25, 0.3) is 0 Å². The van der Waals surface area contributed by atoms with Gasteiger partial charge in [0, 0.05) is 14.2 Å². The van der Waals surface area contributed by atoms with Crippen LogP contribution in [-0.4, -0.2) is 31.2 Å². The molecule has 1 rings (SSSR count). The van der Waals surface area contributed by atoms with Crippen molar-refractivity contribution in [1.29, 1.82) is 5.26 Å². The molecule has 1 saturated carbocycles. The molecule has 0 heterocycles. The molecule has 0 bridgehead atoms. The fourth-order valence-electron chi connectivity index (χ4n) is 2.49. The van der Waals surface area contributed by atoms with Crippen LogP contribution in [0.2, 0.25) is 0 Å². The molecule has 1 aliphatic rings. The average Bonchev–Trinajstić information content (AvgIpc) is 2.68. The molecule has 0 aliphatic heterocycles. The van der Waals surface area contributed by atoms with E-state index < -0.39 is 17.3 Å². The first kappa shape index (κ1) is 12.4. The molecule has 86 valence electrons. The molecule has 15 heavy (non-hydrogen) atoms. The van der Waals surface area contributed by atoms with Crippen LogP contribution in [0.25, 0.3) is 0 Å². The molecular formula is C11H19NO3. The van der Waals surface area contributed by atoms with Crippen LogP contribution < -0.4 is 0 Å². The summed E-state index contributed by atoms with van der Waals surface area (Å²) >= 11 is 0. The van der Waals surface area contributed by atoms with E-state index >= 15 is 0 Å². The fourth-order valence-corrected chi connectivity index (χ4v) is 2.49. The van der Waals surface area contributed by atoms with E-state index in [4.69, 9.17) is 9.47 Å². The lowest BCUT2D eigenvalue weighted by Gasteiger charge is -2.41. The number of nitrogens with zero attached hydrogens (tertiary/aromatic N) is 1. The quantitative estimate of drug-likeness (QED) is 0.718. The highest BCUT2D eigenvalue weighted by molar-refractivity contribution is 5.13. The molecule has 0 spiro atoms. The lowest BCUT2D eigenvalue weighted by atomic mass is 9.72. The van der Waals surface area contributed by atoms with Crippen LogP contribution in [0, 0.1) is 16.7 Å². The summed E-state index contributed by atoms with van der Waals surface area (Å²) in [6.45, 7) is 1.62. The Kier molecular flexibility index (Phi) is 3.72. The van der Waals surface area contributed by atoms with E-state index in [2.05, 4.69) is 6.07 Å². The fraction of sp³-hybridized carbons (Fsp3) is 0.909. The van der Waals surface area contributed by atoms with E-state index in [1.54, 1.807) is 6.92 Å². The summed E-state index contributed by atoms with van der Waals surface area (Å²) in [4.78, 5) is 0. The van der Waals surface area contributed by atoms with Crippen molar-refractivity contribution in [2.75, 3.05) is 14.2 Å². The average molecular weight is 213 g/mol. The molecule has 1 fully saturated rings. The van der Waals surface area contributed by atoms with Crippen molar-refractivity contribution < 1.29 is 14.6 Å². The van der Waals surface area contributed by atoms with Gasteiger partial charge in [0.15, 0.2) is 6.29 Å². The van der Waals surface area contributed by atoms with E-state index in [1.165, 1.54) is 14.2 Å². The van der Waals surface area contributed by atoms with Crippen molar-refractivity contribution >= 4 is 0 Å². The second kappa shape index (κ2) is 4.48. The highest BCUT2D eigenvalue weighted by Gasteiger charge is 2.54. The number of rotatable bonds is 4. The van der Waals surface area contributed by atoms with Crippen LogP contribution in [0.1, 0.15) is 32.6 Å². The van der Waals surface area contributed by atoms with E-state index in [9.17, 15) is 10.4 Å². The van der Waals surface area contributed by atoms with Gasteiger partial charge < -0.3 is 14.6 Å². The number of nitriles is 1. The Bertz CT molecular complexity index is 247. The first-order valence-corrected chi connectivity index (χ1v) is 5.23. The van der Waals surface area contributed by atoms with Gasteiger partial charge in [-0.2, -0.15) is 5.26 Å². The number of hydrogen-bond donors (Lipinski definition) is 1. The molecule has 4 nitrogen and oxygen atoms in total. The monoisotopic (exact) mass is 213 g/mol. The third kappa shape index (κ3) is 1.87. The van der Waals surface area contributed by atoms with Crippen LogP contribution in [0.3, 0.4) is 0 Å². The minimum absolute atomic E-state index is 0.708. The summed E-state index contributed by atoms with van der Waals surface area (Å²) in [5, 5.41) is 19.7. The Morgan fingerprint density at radius 1 is 1.33 bits per heavy atom. The van der Waals surface area contributed by atoms with Gasteiger partial charge in [0.1, 0.15) is 5.60 Å². The zero-order valence-electron chi connectivity index (χ0n) is 9.62. The third-order valence-electron chi connectivity index (χ3n) is 3.53. The predicted molar refractivity (Wildman–Crippen MR) is 54.9 cm³/mol. The summed E-state index contributed by atoms with van der Waals surface area (Å²) in [5.41, 5.74) is -1.99. The molecular weight excluding hydrogens is 194 g/mol. The van der Waals surface area contributed by atoms with E-state index in [1.807, 2.05) is 0 Å². The topological polar surface area (TPSA) is 62.5 Å². The normalized spacial score (nSPS) is 23.7. The lowest BCUT2D eigenvalue weighted by Crippen LogP contribution is -2.54. The Hall–Kier alpha value is -0.630. The summed E-state index contributed by atoms with van der Waals surface area (Å²) in [7, 11) is 2.95. The van der Waals surface area contributed by atoms with E-state index in [0.29, 0.717) is 12.8 Å².